The van der Waals surface area contributed by atoms with Crippen molar-refractivity contribution < 1.29 is 19.0 Å². The summed E-state index contributed by atoms with van der Waals surface area (Å²) >= 11 is 0. The van der Waals surface area contributed by atoms with Gasteiger partial charge in [0.15, 0.2) is 11.5 Å². The normalized spacial score (nSPS) is 11.8. The third kappa shape index (κ3) is 5.09. The van der Waals surface area contributed by atoms with Crippen LogP contribution in [0.25, 0.3) is 0 Å². The Morgan fingerprint density at radius 1 is 1.30 bits per heavy atom. The Morgan fingerprint density at radius 3 is 2.65 bits per heavy atom. The Labute approximate surface area is 120 Å². The Morgan fingerprint density at radius 2 is 2.05 bits per heavy atom. The molecule has 0 fully saturated rings. The van der Waals surface area contributed by atoms with Crippen molar-refractivity contribution in [2.45, 2.75) is 32.2 Å². The second-order valence-electron chi connectivity index (χ2n) is 4.53. The molecule has 1 aromatic carbocycles. The van der Waals surface area contributed by atoms with E-state index in [1.165, 1.54) is 7.11 Å². The van der Waals surface area contributed by atoms with Gasteiger partial charge >= 0.3 is 5.97 Å². The molecule has 0 radical (unpaired) electrons. The quantitative estimate of drug-likeness (QED) is 0.737. The fraction of sp³-hybridized carbons (Fsp3) is 0.533. The molecule has 0 saturated heterocycles. The zero-order valence-electron chi connectivity index (χ0n) is 12.3. The molecule has 1 atom stereocenters. The summed E-state index contributed by atoms with van der Waals surface area (Å²) in [5, 5.41) is 0. The first-order chi connectivity index (χ1) is 9.60. The largest absolute Gasteiger partial charge is 0.493 e. The summed E-state index contributed by atoms with van der Waals surface area (Å²) < 4.78 is 15.4. The van der Waals surface area contributed by atoms with Gasteiger partial charge in [-0.15, -0.1) is 0 Å². The van der Waals surface area contributed by atoms with Crippen molar-refractivity contribution in [2.24, 2.45) is 5.73 Å². The van der Waals surface area contributed by atoms with Gasteiger partial charge in [0.1, 0.15) is 0 Å². The highest BCUT2D eigenvalue weighted by Gasteiger charge is 2.09. The van der Waals surface area contributed by atoms with Gasteiger partial charge in [-0.25, -0.2) is 0 Å². The molecular weight excluding hydrogens is 258 g/mol. The van der Waals surface area contributed by atoms with E-state index < -0.39 is 0 Å². The maximum Gasteiger partial charge on any atom is 0.308 e. The van der Waals surface area contributed by atoms with E-state index >= 15 is 0 Å². The molecule has 0 bridgehead atoms. The molecule has 0 amide bonds. The van der Waals surface area contributed by atoms with Gasteiger partial charge in [-0.05, 0) is 30.5 Å². The van der Waals surface area contributed by atoms with Crippen LogP contribution < -0.4 is 15.2 Å². The van der Waals surface area contributed by atoms with E-state index in [1.54, 1.807) is 7.11 Å². The molecule has 0 aliphatic carbocycles. The summed E-state index contributed by atoms with van der Waals surface area (Å²) in [6.07, 6.45) is 1.94. The van der Waals surface area contributed by atoms with Gasteiger partial charge < -0.3 is 19.9 Å². The van der Waals surface area contributed by atoms with Crippen LogP contribution in [0.15, 0.2) is 18.2 Å². The van der Waals surface area contributed by atoms with Crippen molar-refractivity contribution in [3.63, 3.8) is 0 Å². The van der Waals surface area contributed by atoms with E-state index in [9.17, 15) is 4.79 Å². The summed E-state index contributed by atoms with van der Waals surface area (Å²) in [5.74, 6) is 0.968. The Bertz CT molecular complexity index is 434. The average molecular weight is 281 g/mol. The summed E-state index contributed by atoms with van der Waals surface area (Å²) in [6.45, 7) is 2.32. The van der Waals surface area contributed by atoms with Crippen LogP contribution in [0.5, 0.6) is 11.5 Å². The lowest BCUT2D eigenvalue weighted by Gasteiger charge is -2.13. The third-order valence-corrected chi connectivity index (χ3v) is 3.04. The number of nitrogens with two attached hydrogens (primary N) is 1. The van der Waals surface area contributed by atoms with Crippen LogP contribution in [0.3, 0.4) is 0 Å². The van der Waals surface area contributed by atoms with Crippen LogP contribution in [0.2, 0.25) is 0 Å². The summed E-state index contributed by atoms with van der Waals surface area (Å²) in [6, 6.07) is 5.87. The number of benzene rings is 1. The summed E-state index contributed by atoms with van der Waals surface area (Å²) in [5.41, 5.74) is 7.05. The first kappa shape index (κ1) is 16.3. The topological polar surface area (TPSA) is 70.8 Å². The maximum absolute atomic E-state index is 11.0. The van der Waals surface area contributed by atoms with Crippen LogP contribution in [0.4, 0.5) is 0 Å². The molecule has 2 N–H and O–H groups in total. The number of carbonyl (C=O) groups is 1. The van der Waals surface area contributed by atoms with Gasteiger partial charge in [-0.2, -0.15) is 0 Å². The van der Waals surface area contributed by atoms with Crippen LogP contribution in [0, 0.1) is 0 Å². The van der Waals surface area contributed by atoms with E-state index in [0.29, 0.717) is 11.5 Å². The van der Waals surface area contributed by atoms with Gasteiger partial charge in [-0.1, -0.05) is 13.0 Å². The number of hydrogen-bond donors (Lipinski definition) is 1. The average Bonchev–Trinajstić information content (AvgIpc) is 2.47. The van der Waals surface area contributed by atoms with Crippen molar-refractivity contribution in [3.8, 4) is 11.5 Å². The maximum atomic E-state index is 11.0. The molecule has 20 heavy (non-hydrogen) atoms. The minimum absolute atomic E-state index is 0.144. The van der Waals surface area contributed by atoms with Gasteiger partial charge in [0, 0.05) is 6.04 Å². The van der Waals surface area contributed by atoms with Gasteiger partial charge in [0.05, 0.1) is 27.2 Å². The molecule has 0 aliphatic heterocycles. The minimum atomic E-state index is -0.297. The van der Waals surface area contributed by atoms with Gasteiger partial charge in [-0.3, -0.25) is 4.79 Å². The predicted octanol–water partition coefficient (Wildman–Crippen LogP) is 1.92. The molecule has 5 nitrogen and oxygen atoms in total. The van der Waals surface area contributed by atoms with E-state index in [2.05, 4.69) is 11.7 Å². The zero-order chi connectivity index (χ0) is 15.0. The summed E-state index contributed by atoms with van der Waals surface area (Å²) in [4.78, 5) is 11.0. The van der Waals surface area contributed by atoms with Crippen LogP contribution >= 0.6 is 0 Å². The fourth-order valence-corrected chi connectivity index (χ4v) is 1.75. The highest BCUT2D eigenvalue weighted by Crippen LogP contribution is 2.28. The monoisotopic (exact) mass is 281 g/mol. The molecule has 1 aromatic rings. The predicted molar refractivity (Wildman–Crippen MR) is 77.1 cm³/mol. The zero-order valence-corrected chi connectivity index (χ0v) is 12.3. The van der Waals surface area contributed by atoms with Crippen molar-refractivity contribution in [2.75, 3.05) is 20.8 Å². The number of methoxy groups -OCH3 is 2. The smallest absolute Gasteiger partial charge is 0.308 e. The number of rotatable bonds is 8. The lowest BCUT2D eigenvalue weighted by molar-refractivity contribution is -0.141. The molecule has 0 spiro atoms. The third-order valence-electron chi connectivity index (χ3n) is 3.04. The van der Waals surface area contributed by atoms with Crippen molar-refractivity contribution in [1.29, 1.82) is 0 Å². The van der Waals surface area contributed by atoms with E-state index in [-0.39, 0.29) is 25.0 Å². The van der Waals surface area contributed by atoms with Crippen molar-refractivity contribution >= 4 is 5.97 Å². The number of hydrogen-bond acceptors (Lipinski definition) is 5. The highest BCUT2D eigenvalue weighted by molar-refractivity contribution is 5.69. The molecular formula is C15H23NO4. The van der Waals surface area contributed by atoms with E-state index in [0.717, 1.165) is 18.4 Å². The Kier molecular flexibility index (Phi) is 6.87. The van der Waals surface area contributed by atoms with Crippen LogP contribution in [-0.4, -0.2) is 32.8 Å². The van der Waals surface area contributed by atoms with E-state index in [1.807, 2.05) is 18.2 Å². The first-order valence-electron chi connectivity index (χ1n) is 6.72. The number of ether oxygens (including phenoxy) is 3. The molecule has 1 unspecified atom stereocenters. The SMILES string of the molecule is CCC(N)Cc1ccc(OCCC(=O)OC)c(OC)c1. The molecule has 5 heteroatoms. The number of esters is 1. The fourth-order valence-electron chi connectivity index (χ4n) is 1.75. The molecule has 0 aromatic heterocycles. The van der Waals surface area contributed by atoms with Crippen molar-refractivity contribution in [1.82, 2.24) is 0 Å². The minimum Gasteiger partial charge on any atom is -0.493 e. The highest BCUT2D eigenvalue weighted by atomic mass is 16.5. The molecule has 0 saturated carbocycles. The van der Waals surface area contributed by atoms with E-state index in [4.69, 9.17) is 15.2 Å². The Hall–Kier alpha value is -1.75. The summed E-state index contributed by atoms with van der Waals surface area (Å²) in [7, 11) is 2.95. The first-order valence-corrected chi connectivity index (χ1v) is 6.72. The Balaban J connectivity index is 2.65. The second kappa shape index (κ2) is 8.43. The number of carbonyl (C=O) groups excluding carboxylic acids is 1. The standard InChI is InChI=1S/C15H23NO4/c1-4-12(16)9-11-5-6-13(14(10-11)18-2)20-8-7-15(17)19-3/h5-6,10,12H,4,7-9,16H2,1-3H3. The molecule has 1 rings (SSSR count). The molecule has 112 valence electrons. The lowest BCUT2D eigenvalue weighted by atomic mass is 10.0. The molecule has 0 heterocycles. The van der Waals surface area contributed by atoms with Crippen LogP contribution in [-0.2, 0) is 16.0 Å². The van der Waals surface area contributed by atoms with Gasteiger partial charge in [0.2, 0.25) is 0 Å². The molecule has 0 aliphatic rings. The van der Waals surface area contributed by atoms with Crippen molar-refractivity contribution in [3.05, 3.63) is 23.8 Å². The van der Waals surface area contributed by atoms with Gasteiger partial charge in [0.25, 0.3) is 0 Å². The van der Waals surface area contributed by atoms with Crippen LogP contribution in [0.1, 0.15) is 25.3 Å². The second-order valence-corrected chi connectivity index (χ2v) is 4.53. The lowest BCUT2D eigenvalue weighted by Crippen LogP contribution is -2.21.